The van der Waals surface area contributed by atoms with Crippen LogP contribution in [0.5, 0.6) is 0 Å². The minimum Gasteiger partial charge on any atom is -0.312 e. The highest BCUT2D eigenvalue weighted by molar-refractivity contribution is 4.75. The van der Waals surface area contributed by atoms with Crippen molar-refractivity contribution >= 4 is 0 Å². The summed E-state index contributed by atoms with van der Waals surface area (Å²) in [6, 6.07) is 0.899. The minimum atomic E-state index is 0.278. The molecule has 0 aromatic carbocycles. The lowest BCUT2D eigenvalue weighted by atomic mass is 9.94. The molecule has 0 bridgehead atoms. The van der Waals surface area contributed by atoms with Gasteiger partial charge in [-0.1, -0.05) is 39.0 Å². The maximum absolute atomic E-state index is 3.57. The van der Waals surface area contributed by atoms with Crippen LogP contribution in [0, 0.1) is 0 Å². The van der Waals surface area contributed by atoms with Gasteiger partial charge in [0.25, 0.3) is 0 Å². The Morgan fingerprint density at radius 2 is 1.60 bits per heavy atom. The van der Waals surface area contributed by atoms with E-state index in [0.29, 0.717) is 0 Å². The van der Waals surface area contributed by atoms with E-state index in [-0.39, 0.29) is 5.54 Å². The van der Waals surface area contributed by atoms with E-state index in [0.717, 1.165) is 6.04 Å². The molecule has 1 N–H and O–H groups in total. The van der Waals surface area contributed by atoms with Crippen LogP contribution < -0.4 is 5.32 Å². The second kappa shape index (κ2) is 9.78. The van der Waals surface area contributed by atoms with Gasteiger partial charge in [0.2, 0.25) is 0 Å². The van der Waals surface area contributed by atoms with Crippen molar-refractivity contribution in [3.8, 4) is 0 Å². The molecule has 20 heavy (non-hydrogen) atoms. The van der Waals surface area contributed by atoms with Gasteiger partial charge in [0.05, 0.1) is 0 Å². The van der Waals surface area contributed by atoms with Crippen LogP contribution in [0.1, 0.15) is 85.5 Å². The lowest BCUT2D eigenvalue weighted by molar-refractivity contribution is 0.160. The first-order chi connectivity index (χ1) is 9.53. The van der Waals surface area contributed by atoms with Crippen molar-refractivity contribution in [2.24, 2.45) is 0 Å². The van der Waals surface area contributed by atoms with Gasteiger partial charge in [-0.15, -0.1) is 0 Å². The van der Waals surface area contributed by atoms with Crippen molar-refractivity contribution in [2.75, 3.05) is 19.6 Å². The van der Waals surface area contributed by atoms with Crippen LogP contribution in [-0.4, -0.2) is 36.1 Å². The fourth-order valence-electron chi connectivity index (χ4n) is 3.30. The van der Waals surface area contributed by atoms with Gasteiger partial charge >= 0.3 is 0 Å². The first-order valence-corrected chi connectivity index (χ1v) is 9.02. The van der Waals surface area contributed by atoms with Gasteiger partial charge in [0.15, 0.2) is 0 Å². The molecule has 1 fully saturated rings. The molecule has 1 aliphatic rings. The SMILES string of the molecule is CCN(CCCCCCNC(C)(C)C)C1CCCCC1. The normalized spacial score (nSPS) is 17.9. The number of hydrogen-bond acceptors (Lipinski definition) is 2. The van der Waals surface area contributed by atoms with Gasteiger partial charge in [-0.05, 0) is 66.1 Å². The molecule has 2 heteroatoms. The zero-order valence-corrected chi connectivity index (χ0v) is 14.5. The molecule has 0 aromatic heterocycles. The first-order valence-electron chi connectivity index (χ1n) is 9.02. The van der Waals surface area contributed by atoms with Crippen LogP contribution in [0.3, 0.4) is 0 Å². The third kappa shape index (κ3) is 8.26. The molecule has 0 radical (unpaired) electrons. The Bertz CT molecular complexity index is 226. The summed E-state index contributed by atoms with van der Waals surface area (Å²) in [5.74, 6) is 0. The molecule has 0 heterocycles. The third-order valence-corrected chi connectivity index (χ3v) is 4.52. The molecule has 0 aromatic rings. The highest BCUT2D eigenvalue weighted by Crippen LogP contribution is 2.22. The van der Waals surface area contributed by atoms with Crippen molar-refractivity contribution in [3.63, 3.8) is 0 Å². The second-order valence-electron chi connectivity index (χ2n) is 7.51. The fourth-order valence-corrected chi connectivity index (χ4v) is 3.30. The van der Waals surface area contributed by atoms with E-state index in [9.17, 15) is 0 Å². The van der Waals surface area contributed by atoms with Crippen LogP contribution >= 0.6 is 0 Å². The standard InChI is InChI=1S/C18H38N2/c1-5-20(17-13-9-8-10-14-17)16-12-7-6-11-15-19-18(2,3)4/h17,19H,5-16H2,1-4H3. The van der Waals surface area contributed by atoms with Gasteiger partial charge in [-0.2, -0.15) is 0 Å². The fraction of sp³-hybridized carbons (Fsp3) is 1.00. The largest absolute Gasteiger partial charge is 0.312 e. The Labute approximate surface area is 127 Å². The lowest BCUT2D eigenvalue weighted by Gasteiger charge is -2.33. The molecule has 0 atom stereocenters. The Morgan fingerprint density at radius 1 is 0.950 bits per heavy atom. The summed E-state index contributed by atoms with van der Waals surface area (Å²) in [6.07, 6.45) is 12.8. The molecular weight excluding hydrogens is 244 g/mol. The Hall–Kier alpha value is -0.0800. The van der Waals surface area contributed by atoms with Gasteiger partial charge in [-0.25, -0.2) is 0 Å². The summed E-state index contributed by atoms with van der Waals surface area (Å²) in [6.45, 7) is 12.8. The summed E-state index contributed by atoms with van der Waals surface area (Å²) in [7, 11) is 0. The molecule has 0 saturated heterocycles. The average molecular weight is 283 g/mol. The molecule has 0 aliphatic heterocycles. The summed E-state index contributed by atoms with van der Waals surface area (Å²) < 4.78 is 0. The third-order valence-electron chi connectivity index (χ3n) is 4.52. The smallest absolute Gasteiger partial charge is 0.00965 e. The van der Waals surface area contributed by atoms with Crippen LogP contribution in [0.15, 0.2) is 0 Å². The zero-order valence-electron chi connectivity index (χ0n) is 14.5. The molecular formula is C18H38N2. The topological polar surface area (TPSA) is 15.3 Å². The quantitative estimate of drug-likeness (QED) is 0.622. The maximum Gasteiger partial charge on any atom is 0.00965 e. The Balaban J connectivity index is 2.01. The van der Waals surface area contributed by atoms with E-state index in [1.807, 2.05) is 0 Å². The van der Waals surface area contributed by atoms with Crippen LogP contribution in [0.25, 0.3) is 0 Å². The van der Waals surface area contributed by atoms with Crippen molar-refractivity contribution < 1.29 is 0 Å². The van der Waals surface area contributed by atoms with E-state index in [4.69, 9.17) is 0 Å². The van der Waals surface area contributed by atoms with Crippen molar-refractivity contribution in [2.45, 2.75) is 97.1 Å². The lowest BCUT2D eigenvalue weighted by Crippen LogP contribution is -2.37. The monoisotopic (exact) mass is 282 g/mol. The number of rotatable bonds is 9. The maximum atomic E-state index is 3.57. The molecule has 1 saturated carbocycles. The highest BCUT2D eigenvalue weighted by atomic mass is 15.1. The van der Waals surface area contributed by atoms with Gasteiger partial charge in [-0.3, -0.25) is 0 Å². The molecule has 0 spiro atoms. The van der Waals surface area contributed by atoms with Crippen molar-refractivity contribution in [3.05, 3.63) is 0 Å². The molecule has 1 aliphatic carbocycles. The molecule has 0 unspecified atom stereocenters. The summed E-state index contributed by atoms with van der Waals surface area (Å²) in [5.41, 5.74) is 0.278. The van der Waals surface area contributed by atoms with Crippen LogP contribution in [-0.2, 0) is 0 Å². The Kier molecular flexibility index (Phi) is 8.79. The summed E-state index contributed by atoms with van der Waals surface area (Å²) in [5, 5.41) is 3.57. The average Bonchev–Trinajstić information content (AvgIpc) is 2.42. The number of unbranched alkanes of at least 4 members (excludes halogenated alkanes) is 3. The number of nitrogens with one attached hydrogen (secondary N) is 1. The number of nitrogens with zero attached hydrogens (tertiary/aromatic N) is 1. The molecule has 2 nitrogen and oxygen atoms in total. The second-order valence-corrected chi connectivity index (χ2v) is 7.51. The van der Waals surface area contributed by atoms with Crippen LogP contribution in [0.2, 0.25) is 0 Å². The molecule has 120 valence electrons. The van der Waals surface area contributed by atoms with Gasteiger partial charge in [0.1, 0.15) is 0 Å². The summed E-state index contributed by atoms with van der Waals surface area (Å²) in [4.78, 5) is 2.74. The zero-order chi connectivity index (χ0) is 14.8. The van der Waals surface area contributed by atoms with Crippen molar-refractivity contribution in [1.29, 1.82) is 0 Å². The molecule has 0 amide bonds. The number of hydrogen-bond donors (Lipinski definition) is 1. The van der Waals surface area contributed by atoms with Crippen molar-refractivity contribution in [1.82, 2.24) is 10.2 Å². The first kappa shape index (κ1) is 18.0. The Morgan fingerprint density at radius 3 is 2.20 bits per heavy atom. The van der Waals surface area contributed by atoms with Gasteiger partial charge in [0, 0.05) is 11.6 Å². The van der Waals surface area contributed by atoms with Gasteiger partial charge < -0.3 is 10.2 Å². The van der Waals surface area contributed by atoms with E-state index >= 15 is 0 Å². The minimum absolute atomic E-state index is 0.278. The highest BCUT2D eigenvalue weighted by Gasteiger charge is 2.18. The predicted molar refractivity (Wildman–Crippen MR) is 90.3 cm³/mol. The van der Waals surface area contributed by atoms with E-state index in [1.54, 1.807) is 0 Å². The molecule has 1 rings (SSSR count). The van der Waals surface area contributed by atoms with E-state index in [1.165, 1.54) is 77.4 Å². The van der Waals surface area contributed by atoms with Crippen LogP contribution in [0.4, 0.5) is 0 Å². The summed E-state index contributed by atoms with van der Waals surface area (Å²) >= 11 is 0. The van der Waals surface area contributed by atoms with E-state index < -0.39 is 0 Å². The predicted octanol–water partition coefficient (Wildman–Crippen LogP) is 4.59. The van der Waals surface area contributed by atoms with E-state index in [2.05, 4.69) is 37.9 Å².